The zero-order valence-electron chi connectivity index (χ0n) is 20.5. The third kappa shape index (κ3) is 7.27. The number of thiophene rings is 1. The molecule has 33 heavy (non-hydrogen) atoms. The summed E-state index contributed by atoms with van der Waals surface area (Å²) in [5.74, 6) is 0.877. The van der Waals surface area contributed by atoms with Crippen molar-refractivity contribution in [2.75, 3.05) is 32.8 Å². The summed E-state index contributed by atoms with van der Waals surface area (Å²) < 4.78 is 11.7. The van der Waals surface area contributed by atoms with Crippen molar-refractivity contribution in [3.05, 3.63) is 51.7 Å². The van der Waals surface area contributed by atoms with Gasteiger partial charge >= 0.3 is 0 Å². The number of carbonyl (C=O) groups excluding carboxylic acids is 1. The normalized spacial score (nSPS) is 17.0. The van der Waals surface area contributed by atoms with Crippen molar-refractivity contribution in [3.63, 3.8) is 0 Å². The Hall–Kier alpha value is -1.93. The second-order valence-electron chi connectivity index (χ2n) is 9.34. The molecule has 0 spiro atoms. The molecule has 0 fully saturated rings. The smallest absolute Gasteiger partial charge is 0.237 e. The van der Waals surface area contributed by atoms with Gasteiger partial charge in [0.1, 0.15) is 12.4 Å². The predicted octanol–water partition coefficient (Wildman–Crippen LogP) is 4.06. The summed E-state index contributed by atoms with van der Waals surface area (Å²) in [6, 6.07) is 10.1. The van der Waals surface area contributed by atoms with E-state index in [4.69, 9.17) is 9.47 Å². The molecule has 1 amide bonds. The van der Waals surface area contributed by atoms with Gasteiger partial charge in [-0.2, -0.15) is 0 Å². The Balaban J connectivity index is 1.68. The zero-order valence-corrected chi connectivity index (χ0v) is 21.3. The molecule has 1 aliphatic rings. The first-order valence-corrected chi connectivity index (χ1v) is 12.7. The Kier molecular flexibility index (Phi) is 9.32. The van der Waals surface area contributed by atoms with Crippen LogP contribution in [-0.4, -0.2) is 71.9 Å². The van der Waals surface area contributed by atoms with Crippen LogP contribution >= 0.6 is 11.3 Å². The van der Waals surface area contributed by atoms with Crippen LogP contribution in [-0.2, 0) is 16.0 Å². The number of amides is 1. The number of aliphatic hydroxyl groups is 1. The monoisotopic (exact) mass is 474 g/mol. The van der Waals surface area contributed by atoms with Gasteiger partial charge in [0.2, 0.25) is 5.91 Å². The zero-order chi connectivity index (χ0) is 24.0. The molecular formula is C26H38N2O4S. The maximum absolute atomic E-state index is 13.5. The molecule has 1 N–H and O–H groups in total. The summed E-state index contributed by atoms with van der Waals surface area (Å²) in [5.41, 5.74) is 2.37. The molecule has 0 saturated heterocycles. The number of hydrogen-bond donors (Lipinski definition) is 1. The second kappa shape index (κ2) is 12.0. The average Bonchev–Trinajstić information content (AvgIpc) is 3.25. The quantitative estimate of drug-likeness (QED) is 0.532. The van der Waals surface area contributed by atoms with Gasteiger partial charge in [-0.1, -0.05) is 17.7 Å². The summed E-state index contributed by atoms with van der Waals surface area (Å²) >= 11 is 1.75. The number of aryl methyl sites for hydroxylation is 1. The predicted molar refractivity (Wildman–Crippen MR) is 133 cm³/mol. The first-order valence-electron chi connectivity index (χ1n) is 11.8. The van der Waals surface area contributed by atoms with E-state index in [9.17, 15) is 9.90 Å². The number of aliphatic hydroxyl groups excluding tert-OH is 1. The van der Waals surface area contributed by atoms with E-state index < -0.39 is 6.10 Å². The summed E-state index contributed by atoms with van der Waals surface area (Å²) in [5, 5.41) is 12.5. The van der Waals surface area contributed by atoms with Crippen molar-refractivity contribution in [2.45, 2.75) is 65.3 Å². The molecule has 1 aromatic heterocycles. The Morgan fingerprint density at radius 1 is 1.21 bits per heavy atom. The minimum atomic E-state index is -0.631. The van der Waals surface area contributed by atoms with Crippen LogP contribution in [0.3, 0.4) is 0 Å². The summed E-state index contributed by atoms with van der Waals surface area (Å²) in [6.45, 7) is 12.1. The van der Waals surface area contributed by atoms with Gasteiger partial charge in [0, 0.05) is 24.0 Å². The lowest BCUT2D eigenvalue weighted by Crippen LogP contribution is -2.49. The van der Waals surface area contributed by atoms with Gasteiger partial charge in [-0.15, -0.1) is 11.3 Å². The molecule has 2 heterocycles. The summed E-state index contributed by atoms with van der Waals surface area (Å²) in [6.07, 6.45) is 0.302. The minimum absolute atomic E-state index is 0.0648. The Bertz CT molecular complexity index is 881. The van der Waals surface area contributed by atoms with Crippen LogP contribution in [0.2, 0.25) is 0 Å². The Morgan fingerprint density at radius 3 is 2.61 bits per heavy atom. The molecule has 0 aliphatic carbocycles. The molecule has 2 atom stereocenters. The van der Waals surface area contributed by atoms with Crippen LogP contribution < -0.4 is 4.74 Å². The minimum Gasteiger partial charge on any atom is -0.491 e. The van der Waals surface area contributed by atoms with Crippen LogP contribution in [0.5, 0.6) is 5.75 Å². The van der Waals surface area contributed by atoms with Crippen LogP contribution in [0.4, 0.5) is 0 Å². The molecule has 3 rings (SSSR count). The lowest BCUT2D eigenvalue weighted by Gasteiger charge is -2.38. The number of rotatable bonds is 11. The highest BCUT2D eigenvalue weighted by Crippen LogP contribution is 2.34. The molecule has 6 nitrogen and oxygen atoms in total. The number of hydrogen-bond acceptors (Lipinski definition) is 6. The molecule has 7 heteroatoms. The van der Waals surface area contributed by atoms with Crippen molar-refractivity contribution >= 4 is 17.2 Å². The van der Waals surface area contributed by atoms with Gasteiger partial charge in [0.15, 0.2) is 0 Å². The fraction of sp³-hybridized carbons (Fsp3) is 0.577. The second-order valence-corrected chi connectivity index (χ2v) is 10.3. The third-order valence-corrected chi connectivity index (χ3v) is 6.98. The van der Waals surface area contributed by atoms with Crippen molar-refractivity contribution in [1.29, 1.82) is 0 Å². The number of nitrogens with zero attached hydrogens (tertiary/aromatic N) is 2. The van der Waals surface area contributed by atoms with E-state index >= 15 is 0 Å². The maximum atomic E-state index is 13.5. The van der Waals surface area contributed by atoms with E-state index in [1.54, 1.807) is 11.3 Å². The topological polar surface area (TPSA) is 62.2 Å². The highest BCUT2D eigenvalue weighted by atomic mass is 32.1. The molecule has 0 saturated carbocycles. The fourth-order valence-corrected chi connectivity index (χ4v) is 4.96. The Morgan fingerprint density at radius 2 is 1.94 bits per heavy atom. The van der Waals surface area contributed by atoms with Crippen molar-refractivity contribution < 1.29 is 19.4 Å². The van der Waals surface area contributed by atoms with Crippen molar-refractivity contribution in [3.8, 4) is 5.75 Å². The Labute approximate surface area is 202 Å². The highest BCUT2D eigenvalue weighted by Gasteiger charge is 2.33. The standard InChI is InChI=1S/C26H38N2O4S/c1-18(2)27(14-21(29)16-31-19(3)4)15-26(30)28-12-10-25-23(11-13-33-25)24(28)17-32-22-8-6-20(5)7-9-22/h6-9,11,13,18-19,21,24,29H,10,12,14-17H2,1-5H3/t21-,24+/m1/s1. The molecule has 0 unspecified atom stereocenters. The lowest BCUT2D eigenvalue weighted by atomic mass is 10.00. The molecule has 1 aromatic carbocycles. The number of carbonyl (C=O) groups is 1. The van der Waals surface area contributed by atoms with E-state index in [1.807, 2.05) is 47.9 Å². The number of ether oxygens (including phenoxy) is 2. The van der Waals surface area contributed by atoms with E-state index in [0.717, 1.165) is 12.2 Å². The van der Waals surface area contributed by atoms with Gasteiger partial charge in [0.25, 0.3) is 0 Å². The van der Waals surface area contributed by atoms with Gasteiger partial charge in [-0.25, -0.2) is 0 Å². The lowest BCUT2D eigenvalue weighted by molar-refractivity contribution is -0.137. The van der Waals surface area contributed by atoms with Crippen LogP contribution in [0.1, 0.15) is 49.7 Å². The van der Waals surface area contributed by atoms with Gasteiger partial charge in [-0.3, -0.25) is 9.69 Å². The van der Waals surface area contributed by atoms with Crippen LogP contribution in [0.15, 0.2) is 35.7 Å². The van der Waals surface area contributed by atoms with Crippen molar-refractivity contribution in [1.82, 2.24) is 9.80 Å². The van der Waals surface area contributed by atoms with E-state index in [0.29, 0.717) is 19.7 Å². The van der Waals surface area contributed by atoms with Crippen LogP contribution in [0, 0.1) is 6.92 Å². The van der Waals surface area contributed by atoms with Gasteiger partial charge in [0.05, 0.1) is 31.4 Å². The first kappa shape index (κ1) is 25.7. The number of benzene rings is 1. The third-order valence-electron chi connectivity index (χ3n) is 5.98. The number of fused-ring (bicyclic) bond motifs is 1. The highest BCUT2D eigenvalue weighted by molar-refractivity contribution is 7.10. The molecule has 2 aromatic rings. The molecule has 0 radical (unpaired) electrons. The molecule has 1 aliphatic heterocycles. The maximum Gasteiger partial charge on any atom is 0.237 e. The van der Waals surface area contributed by atoms with E-state index in [1.165, 1.54) is 16.0 Å². The summed E-state index contributed by atoms with van der Waals surface area (Å²) in [4.78, 5) is 18.8. The van der Waals surface area contributed by atoms with Gasteiger partial charge < -0.3 is 19.5 Å². The van der Waals surface area contributed by atoms with E-state index in [2.05, 4.69) is 32.2 Å². The fourth-order valence-electron chi connectivity index (χ4n) is 4.03. The molecule has 182 valence electrons. The first-order chi connectivity index (χ1) is 15.7. The SMILES string of the molecule is Cc1ccc(OC[C@H]2c3ccsc3CCN2C(=O)CN(C[C@@H](O)COC(C)C)C(C)C)cc1. The molecule has 0 bridgehead atoms. The largest absolute Gasteiger partial charge is 0.491 e. The van der Waals surface area contributed by atoms with E-state index in [-0.39, 0.29) is 37.2 Å². The van der Waals surface area contributed by atoms with Crippen LogP contribution in [0.25, 0.3) is 0 Å². The van der Waals surface area contributed by atoms with Crippen molar-refractivity contribution in [2.24, 2.45) is 0 Å². The van der Waals surface area contributed by atoms with Gasteiger partial charge in [-0.05, 0) is 70.2 Å². The average molecular weight is 475 g/mol. The summed E-state index contributed by atoms with van der Waals surface area (Å²) in [7, 11) is 0. The molecular weight excluding hydrogens is 436 g/mol.